The fourth-order valence-electron chi connectivity index (χ4n) is 2.66. The first kappa shape index (κ1) is 13.3. The van der Waals surface area contributed by atoms with Crippen LogP contribution in [0.2, 0.25) is 0 Å². The summed E-state index contributed by atoms with van der Waals surface area (Å²) < 4.78 is 27.0. The first-order valence-corrected chi connectivity index (χ1v) is 8.10. The van der Waals surface area contributed by atoms with Gasteiger partial charge in [0.25, 0.3) is 0 Å². The van der Waals surface area contributed by atoms with Gasteiger partial charge < -0.3 is 0 Å². The van der Waals surface area contributed by atoms with Gasteiger partial charge in [-0.2, -0.15) is 4.31 Å². The summed E-state index contributed by atoms with van der Waals surface area (Å²) >= 11 is 0. The number of hydrogen-bond acceptors (Lipinski definition) is 3. The predicted octanol–water partition coefficient (Wildman–Crippen LogP) is 2.61. The van der Waals surface area contributed by atoms with Crippen LogP contribution < -0.4 is 0 Å². The van der Waals surface area contributed by atoms with Crippen molar-refractivity contribution in [1.29, 1.82) is 0 Å². The second kappa shape index (κ2) is 5.34. The molecule has 0 saturated carbocycles. The smallest absolute Gasteiger partial charge is 0.243 e. The van der Waals surface area contributed by atoms with E-state index in [0.29, 0.717) is 11.4 Å². The summed E-state index contributed by atoms with van der Waals surface area (Å²) in [7, 11) is -3.43. The van der Waals surface area contributed by atoms with Crippen molar-refractivity contribution in [2.24, 2.45) is 0 Å². The Morgan fingerprint density at radius 3 is 2.60 bits per heavy atom. The molecule has 0 amide bonds. The van der Waals surface area contributed by atoms with E-state index in [1.54, 1.807) is 41.0 Å². The van der Waals surface area contributed by atoms with E-state index in [4.69, 9.17) is 0 Å². The maximum atomic E-state index is 12.7. The number of pyridine rings is 1. The van der Waals surface area contributed by atoms with Crippen molar-refractivity contribution < 1.29 is 8.42 Å². The number of nitrogens with zero attached hydrogens (tertiary/aromatic N) is 2. The molecule has 0 aliphatic carbocycles. The lowest BCUT2D eigenvalue weighted by Crippen LogP contribution is -2.30. The molecule has 1 saturated heterocycles. The standard InChI is InChI=1S/C15H16N2O2S/c18-20(19,14-7-2-1-3-8-14)17-11-5-9-15(17)13-6-4-10-16-12-13/h1-4,6-8,10,12,15H,5,9,11H2/t15-/m0/s1. The van der Waals surface area contributed by atoms with Crippen LogP contribution in [-0.4, -0.2) is 24.3 Å². The topological polar surface area (TPSA) is 50.3 Å². The van der Waals surface area contributed by atoms with Crippen molar-refractivity contribution in [3.63, 3.8) is 0 Å². The Labute approximate surface area is 119 Å². The minimum atomic E-state index is -3.43. The van der Waals surface area contributed by atoms with Gasteiger partial charge in [-0.15, -0.1) is 0 Å². The van der Waals surface area contributed by atoms with Crippen molar-refractivity contribution in [3.05, 3.63) is 60.4 Å². The van der Waals surface area contributed by atoms with Crippen LogP contribution in [0.1, 0.15) is 24.4 Å². The molecule has 0 radical (unpaired) electrons. The molecule has 1 atom stereocenters. The molecule has 2 aromatic rings. The second-order valence-electron chi connectivity index (χ2n) is 4.87. The first-order chi connectivity index (χ1) is 9.69. The van der Waals surface area contributed by atoms with Crippen LogP contribution in [0.3, 0.4) is 0 Å². The van der Waals surface area contributed by atoms with Crippen LogP contribution in [0.25, 0.3) is 0 Å². The van der Waals surface area contributed by atoms with Crippen LogP contribution >= 0.6 is 0 Å². The Kier molecular flexibility index (Phi) is 3.54. The van der Waals surface area contributed by atoms with Gasteiger partial charge >= 0.3 is 0 Å². The lowest BCUT2D eigenvalue weighted by Gasteiger charge is -2.24. The summed E-state index contributed by atoms with van der Waals surface area (Å²) in [6.07, 6.45) is 5.18. The highest BCUT2D eigenvalue weighted by atomic mass is 32.2. The molecule has 5 heteroatoms. The van der Waals surface area contributed by atoms with Crippen molar-refractivity contribution in [1.82, 2.24) is 9.29 Å². The molecule has 3 rings (SSSR count). The molecule has 20 heavy (non-hydrogen) atoms. The van der Waals surface area contributed by atoms with Gasteiger partial charge in [0, 0.05) is 18.9 Å². The van der Waals surface area contributed by atoms with Gasteiger partial charge in [-0.05, 0) is 36.6 Å². The molecule has 0 N–H and O–H groups in total. The highest BCUT2D eigenvalue weighted by molar-refractivity contribution is 7.89. The van der Waals surface area contributed by atoms with Gasteiger partial charge in [0.15, 0.2) is 0 Å². The van der Waals surface area contributed by atoms with Crippen molar-refractivity contribution in [3.8, 4) is 0 Å². The van der Waals surface area contributed by atoms with E-state index < -0.39 is 10.0 Å². The van der Waals surface area contributed by atoms with Gasteiger partial charge in [0.1, 0.15) is 0 Å². The van der Waals surface area contributed by atoms with Crippen LogP contribution in [0.5, 0.6) is 0 Å². The zero-order chi connectivity index (χ0) is 14.0. The largest absolute Gasteiger partial charge is 0.264 e. The van der Waals surface area contributed by atoms with Crippen molar-refractivity contribution in [2.75, 3.05) is 6.54 Å². The Hall–Kier alpha value is -1.72. The van der Waals surface area contributed by atoms with Gasteiger partial charge in [0.2, 0.25) is 10.0 Å². The van der Waals surface area contributed by atoms with Crippen LogP contribution in [0.15, 0.2) is 59.8 Å². The summed E-state index contributed by atoms with van der Waals surface area (Å²) in [5.41, 5.74) is 0.963. The van der Waals surface area contributed by atoms with Crippen molar-refractivity contribution in [2.45, 2.75) is 23.8 Å². The monoisotopic (exact) mass is 288 g/mol. The molecule has 1 aromatic heterocycles. The molecule has 1 aromatic carbocycles. The zero-order valence-corrected chi connectivity index (χ0v) is 11.8. The van der Waals surface area contributed by atoms with Crippen LogP contribution in [0, 0.1) is 0 Å². The maximum absolute atomic E-state index is 12.7. The van der Waals surface area contributed by atoms with Gasteiger partial charge in [-0.3, -0.25) is 4.98 Å². The van der Waals surface area contributed by atoms with E-state index in [1.165, 1.54) is 0 Å². The Morgan fingerprint density at radius 1 is 1.10 bits per heavy atom. The molecule has 0 spiro atoms. The number of rotatable bonds is 3. The molecule has 4 nitrogen and oxygen atoms in total. The molecule has 1 aliphatic rings. The molecule has 2 heterocycles. The normalized spacial score (nSPS) is 20.1. The minimum Gasteiger partial charge on any atom is -0.264 e. The Bertz CT molecular complexity index is 672. The maximum Gasteiger partial charge on any atom is 0.243 e. The van der Waals surface area contributed by atoms with Crippen molar-refractivity contribution >= 4 is 10.0 Å². The fraction of sp³-hybridized carbons (Fsp3) is 0.267. The quantitative estimate of drug-likeness (QED) is 0.872. The van der Waals surface area contributed by atoms with E-state index >= 15 is 0 Å². The molecule has 104 valence electrons. The van der Waals surface area contributed by atoms with Crippen LogP contribution in [-0.2, 0) is 10.0 Å². The number of hydrogen-bond donors (Lipinski definition) is 0. The molecule has 0 unspecified atom stereocenters. The van der Waals surface area contributed by atoms with E-state index in [2.05, 4.69) is 4.98 Å². The predicted molar refractivity (Wildman–Crippen MR) is 76.5 cm³/mol. The third kappa shape index (κ3) is 2.34. The molecular formula is C15H16N2O2S. The molecule has 1 aliphatic heterocycles. The lowest BCUT2D eigenvalue weighted by molar-refractivity contribution is 0.396. The van der Waals surface area contributed by atoms with Gasteiger partial charge in [-0.25, -0.2) is 8.42 Å². The number of benzene rings is 1. The van der Waals surface area contributed by atoms with E-state index in [9.17, 15) is 8.42 Å². The van der Waals surface area contributed by atoms with E-state index in [1.807, 2.05) is 18.2 Å². The third-order valence-corrected chi connectivity index (χ3v) is 5.55. The second-order valence-corrected chi connectivity index (χ2v) is 6.76. The summed E-state index contributed by atoms with van der Waals surface area (Å²) in [5.74, 6) is 0. The van der Waals surface area contributed by atoms with Crippen LogP contribution in [0.4, 0.5) is 0 Å². The average molecular weight is 288 g/mol. The summed E-state index contributed by atoms with van der Waals surface area (Å²) in [6, 6.07) is 12.3. The average Bonchev–Trinajstić information content (AvgIpc) is 2.99. The summed E-state index contributed by atoms with van der Waals surface area (Å²) in [4.78, 5) is 4.45. The number of aromatic nitrogens is 1. The first-order valence-electron chi connectivity index (χ1n) is 6.66. The molecule has 1 fully saturated rings. The Balaban J connectivity index is 1.97. The van der Waals surface area contributed by atoms with Gasteiger partial charge in [0.05, 0.1) is 10.9 Å². The highest BCUT2D eigenvalue weighted by Gasteiger charge is 2.36. The summed E-state index contributed by atoms with van der Waals surface area (Å²) in [6.45, 7) is 0.566. The summed E-state index contributed by atoms with van der Waals surface area (Å²) in [5, 5.41) is 0. The van der Waals surface area contributed by atoms with E-state index in [0.717, 1.165) is 18.4 Å². The van der Waals surface area contributed by atoms with E-state index in [-0.39, 0.29) is 6.04 Å². The highest BCUT2D eigenvalue weighted by Crippen LogP contribution is 2.35. The zero-order valence-electron chi connectivity index (χ0n) is 11.0. The molecular weight excluding hydrogens is 272 g/mol. The molecule has 0 bridgehead atoms. The lowest BCUT2D eigenvalue weighted by atomic mass is 10.1. The van der Waals surface area contributed by atoms with Gasteiger partial charge in [-0.1, -0.05) is 24.3 Å². The SMILES string of the molecule is O=S(=O)(c1ccccc1)N1CCC[C@H]1c1cccnc1. The Morgan fingerprint density at radius 2 is 1.90 bits per heavy atom. The fourth-order valence-corrected chi connectivity index (χ4v) is 4.37. The number of sulfonamides is 1. The minimum absolute atomic E-state index is 0.103. The third-order valence-electron chi connectivity index (χ3n) is 3.62.